The molecule has 0 amide bonds. The average Bonchev–Trinajstić information content (AvgIpc) is 3.33. The third-order valence-electron chi connectivity index (χ3n) is 16.2. The lowest BCUT2D eigenvalue weighted by Gasteiger charge is -2.21. The van der Waals surface area contributed by atoms with Crippen molar-refractivity contribution in [1.29, 1.82) is 0 Å². The normalized spacial score (nSPS) is 14.2. The zero-order chi connectivity index (χ0) is 67.0. The van der Waals surface area contributed by atoms with E-state index in [4.69, 9.17) is 37.0 Å². The number of aliphatic hydroxyl groups is 1. The van der Waals surface area contributed by atoms with E-state index < -0.39 is 97.5 Å². The summed E-state index contributed by atoms with van der Waals surface area (Å²) < 4.78 is 68.2. The molecule has 0 radical (unpaired) electrons. The molecule has 0 aromatic heterocycles. The summed E-state index contributed by atoms with van der Waals surface area (Å²) in [5, 5.41) is 10.6. The smallest absolute Gasteiger partial charge is 0.462 e. The predicted octanol–water partition coefficient (Wildman–Crippen LogP) is 20.5. The Morgan fingerprint density at radius 3 is 0.901 bits per heavy atom. The second kappa shape index (κ2) is 64.9. The third kappa shape index (κ3) is 66.0. The van der Waals surface area contributed by atoms with Crippen LogP contribution in [0, 0.1) is 5.92 Å². The number of rotatable bonds is 70. The highest BCUT2D eigenvalue weighted by molar-refractivity contribution is 7.47. The second-order valence-corrected chi connectivity index (χ2v) is 28.7. The van der Waals surface area contributed by atoms with E-state index in [0.717, 1.165) is 116 Å². The molecule has 536 valence electrons. The summed E-state index contributed by atoms with van der Waals surface area (Å²) in [6.45, 7) is 7.07. The number of hydrogen-bond donors (Lipinski definition) is 3. The van der Waals surface area contributed by atoms with Crippen molar-refractivity contribution in [1.82, 2.24) is 0 Å². The van der Waals surface area contributed by atoms with Crippen LogP contribution in [0.5, 0.6) is 0 Å². The molecule has 91 heavy (non-hydrogen) atoms. The molecule has 5 atom stereocenters. The van der Waals surface area contributed by atoms with Crippen molar-refractivity contribution in [2.75, 3.05) is 39.6 Å². The lowest BCUT2D eigenvalue weighted by molar-refractivity contribution is -0.161. The number of phosphoric ester groups is 2. The molecule has 0 saturated heterocycles. The number of hydrogen-bond acceptors (Lipinski definition) is 15. The largest absolute Gasteiger partial charge is 0.472 e. The Labute approximate surface area is 554 Å². The van der Waals surface area contributed by atoms with Crippen LogP contribution in [0.4, 0.5) is 0 Å². The molecule has 2 unspecified atom stereocenters. The van der Waals surface area contributed by atoms with Crippen molar-refractivity contribution in [2.24, 2.45) is 5.92 Å². The van der Waals surface area contributed by atoms with Gasteiger partial charge in [-0.3, -0.25) is 37.3 Å². The van der Waals surface area contributed by atoms with Gasteiger partial charge in [0.2, 0.25) is 0 Å². The molecule has 3 N–H and O–H groups in total. The second-order valence-electron chi connectivity index (χ2n) is 25.8. The van der Waals surface area contributed by atoms with Crippen molar-refractivity contribution in [2.45, 2.75) is 368 Å². The molecular weight excluding hydrogens is 1200 g/mol. The SMILES string of the molecule is CCCCCC/C=C\C=C/CCCCCCCC(=O)OC[C@H](COP(=O)(O)OC[C@@H](O)COP(=O)(O)OC[C@@H](COC(=O)CCCCCCCCCC)OC(=O)CCCCCCCCC(C)C)OC(=O)CCCCCCCCCCCCCCCCCCCCC. The van der Waals surface area contributed by atoms with Crippen molar-refractivity contribution in [3.63, 3.8) is 0 Å². The lowest BCUT2D eigenvalue weighted by Crippen LogP contribution is -2.30. The highest BCUT2D eigenvalue weighted by Crippen LogP contribution is 2.45. The number of allylic oxidation sites excluding steroid dienone is 4. The van der Waals surface area contributed by atoms with Gasteiger partial charge in [0, 0.05) is 25.7 Å². The van der Waals surface area contributed by atoms with Crippen LogP contribution in [-0.2, 0) is 65.4 Å². The van der Waals surface area contributed by atoms with Gasteiger partial charge in [-0.25, -0.2) is 9.13 Å². The maximum Gasteiger partial charge on any atom is 0.472 e. The zero-order valence-electron chi connectivity index (χ0n) is 58.5. The molecule has 0 bridgehead atoms. The fourth-order valence-corrected chi connectivity index (χ4v) is 12.0. The lowest BCUT2D eigenvalue weighted by atomic mass is 10.0. The predicted molar refractivity (Wildman–Crippen MR) is 368 cm³/mol. The molecule has 0 rings (SSSR count). The Kier molecular flexibility index (Phi) is 63.1. The number of ether oxygens (including phenoxy) is 4. The van der Waals surface area contributed by atoms with E-state index in [9.17, 15) is 43.2 Å². The number of carbonyl (C=O) groups excluding carboxylic acids is 4. The average molecular weight is 1340 g/mol. The fourth-order valence-electron chi connectivity index (χ4n) is 10.5. The number of unbranched alkanes of at least 4 members (excludes halogenated alkanes) is 39. The monoisotopic (exact) mass is 1330 g/mol. The molecule has 0 aliphatic carbocycles. The molecular formula is C72H136O17P2. The highest BCUT2D eigenvalue weighted by atomic mass is 31.2. The summed E-state index contributed by atoms with van der Waals surface area (Å²) >= 11 is 0. The first kappa shape index (κ1) is 88.5. The Morgan fingerprint density at radius 2 is 0.593 bits per heavy atom. The van der Waals surface area contributed by atoms with Crippen LogP contribution in [0.2, 0.25) is 0 Å². The first-order valence-corrected chi connectivity index (χ1v) is 39.9. The summed E-state index contributed by atoms with van der Waals surface area (Å²) in [5.74, 6) is -1.49. The molecule has 0 fully saturated rings. The van der Waals surface area contributed by atoms with Crippen LogP contribution in [0.15, 0.2) is 24.3 Å². The van der Waals surface area contributed by atoms with Gasteiger partial charge < -0.3 is 33.8 Å². The Balaban J connectivity index is 5.22. The van der Waals surface area contributed by atoms with Gasteiger partial charge in [0.05, 0.1) is 26.4 Å². The Hall–Kier alpha value is -2.46. The molecule has 0 aromatic rings. The first-order valence-electron chi connectivity index (χ1n) is 37.0. The first-order chi connectivity index (χ1) is 44.0. The molecule has 0 saturated carbocycles. The van der Waals surface area contributed by atoms with Crippen LogP contribution in [-0.4, -0.2) is 96.7 Å². The Morgan fingerprint density at radius 1 is 0.341 bits per heavy atom. The fraction of sp³-hybridized carbons (Fsp3) is 0.889. The van der Waals surface area contributed by atoms with E-state index in [-0.39, 0.29) is 25.7 Å². The minimum atomic E-state index is -4.96. The van der Waals surface area contributed by atoms with Crippen LogP contribution < -0.4 is 0 Å². The summed E-state index contributed by atoms with van der Waals surface area (Å²) in [4.78, 5) is 72.4. The van der Waals surface area contributed by atoms with Gasteiger partial charge in [-0.05, 0) is 57.3 Å². The van der Waals surface area contributed by atoms with E-state index >= 15 is 0 Å². The van der Waals surface area contributed by atoms with Gasteiger partial charge in [0.1, 0.15) is 19.3 Å². The molecule has 0 heterocycles. The van der Waals surface area contributed by atoms with Gasteiger partial charge in [-0.15, -0.1) is 0 Å². The van der Waals surface area contributed by atoms with E-state index in [1.54, 1.807) is 0 Å². The van der Waals surface area contributed by atoms with E-state index in [1.165, 1.54) is 148 Å². The molecule has 0 aliphatic rings. The number of esters is 4. The maximum absolute atomic E-state index is 13.0. The summed E-state index contributed by atoms with van der Waals surface area (Å²) in [5.41, 5.74) is 0. The van der Waals surface area contributed by atoms with Crippen LogP contribution in [0.3, 0.4) is 0 Å². The quantitative estimate of drug-likeness (QED) is 0.0169. The summed E-state index contributed by atoms with van der Waals surface area (Å²) in [7, 11) is -9.91. The van der Waals surface area contributed by atoms with Gasteiger partial charge in [-0.1, -0.05) is 296 Å². The van der Waals surface area contributed by atoms with E-state index in [2.05, 4.69) is 58.9 Å². The molecule has 0 aromatic carbocycles. The van der Waals surface area contributed by atoms with Gasteiger partial charge in [-0.2, -0.15) is 0 Å². The van der Waals surface area contributed by atoms with E-state index in [1.807, 2.05) is 0 Å². The van der Waals surface area contributed by atoms with Crippen molar-refractivity contribution < 1.29 is 80.2 Å². The number of carbonyl (C=O) groups is 4. The molecule has 0 aliphatic heterocycles. The number of aliphatic hydroxyl groups excluding tert-OH is 1. The summed E-state index contributed by atoms with van der Waals surface area (Å²) in [6, 6.07) is 0. The maximum atomic E-state index is 13.0. The van der Waals surface area contributed by atoms with Crippen molar-refractivity contribution in [3.8, 4) is 0 Å². The number of phosphoric acid groups is 2. The zero-order valence-corrected chi connectivity index (χ0v) is 60.3. The van der Waals surface area contributed by atoms with Crippen molar-refractivity contribution in [3.05, 3.63) is 24.3 Å². The Bertz CT molecular complexity index is 1850. The van der Waals surface area contributed by atoms with Crippen LogP contribution in [0.1, 0.15) is 349 Å². The van der Waals surface area contributed by atoms with Crippen molar-refractivity contribution >= 4 is 39.5 Å². The van der Waals surface area contributed by atoms with Gasteiger partial charge >= 0.3 is 39.5 Å². The van der Waals surface area contributed by atoms with Crippen LogP contribution >= 0.6 is 15.6 Å². The van der Waals surface area contributed by atoms with E-state index in [0.29, 0.717) is 31.6 Å². The van der Waals surface area contributed by atoms with Crippen LogP contribution in [0.25, 0.3) is 0 Å². The topological polar surface area (TPSA) is 237 Å². The highest BCUT2D eigenvalue weighted by Gasteiger charge is 2.30. The van der Waals surface area contributed by atoms with Gasteiger partial charge in [0.15, 0.2) is 12.2 Å². The minimum Gasteiger partial charge on any atom is -0.462 e. The summed E-state index contributed by atoms with van der Waals surface area (Å²) in [6.07, 6.45) is 55.3. The standard InChI is InChI=1S/C72H136O17P2/c1-6-9-12-15-18-21-23-25-27-28-29-30-32-34-36-38-41-47-52-57-71(76)88-67(61-83-70(75)56-51-46-40-37-35-33-31-26-24-22-19-16-13-10-7-2)63-86-90(78,79)84-59-66(73)60-85-91(80,81)87-64-68(62-82-69(74)55-50-45-39-20-17-14-11-8-3)89-72(77)58-53-48-43-42-44-49-54-65(4)5/h22,24,26,31,65-68,73H,6-21,23,25,27-30,32-64H2,1-5H3,(H,78,79)(H,80,81)/b24-22-,31-26-/t66-,67-,68-/m1/s1. The molecule has 19 heteroatoms. The van der Waals surface area contributed by atoms with Gasteiger partial charge in [0.25, 0.3) is 0 Å². The third-order valence-corrected chi connectivity index (χ3v) is 18.1. The minimum absolute atomic E-state index is 0.0998. The molecule has 0 spiro atoms. The molecule has 17 nitrogen and oxygen atoms in total.